The molecule has 0 heterocycles. The zero-order chi connectivity index (χ0) is 12.4. The molecule has 3 heteroatoms. The number of carbonyl (C=O) groups is 1. The highest BCUT2D eigenvalue weighted by Gasteiger charge is 2.39. The molecule has 0 atom stereocenters. The predicted octanol–water partition coefficient (Wildman–Crippen LogP) is 2.82. The lowest BCUT2D eigenvalue weighted by Gasteiger charge is -2.42. The molecule has 0 unspecified atom stereocenters. The summed E-state index contributed by atoms with van der Waals surface area (Å²) in [6.45, 7) is 6.72. The van der Waals surface area contributed by atoms with Crippen LogP contribution in [0.3, 0.4) is 0 Å². The molecule has 94 valence electrons. The van der Waals surface area contributed by atoms with E-state index >= 15 is 0 Å². The van der Waals surface area contributed by atoms with E-state index in [9.17, 15) is 9.90 Å². The van der Waals surface area contributed by atoms with Crippen LogP contribution >= 0.6 is 0 Å². The Labute approximate surface area is 97.9 Å². The standard InChI is InChI=1S/C13H24O3/c1-4-12(2,3)10-5-7-13(16,8-6-10)9-11(14)15/h10,16H,4-9H2,1-3H3,(H,14,15). The first kappa shape index (κ1) is 13.5. The molecule has 1 rings (SSSR count). The van der Waals surface area contributed by atoms with Gasteiger partial charge in [0.15, 0.2) is 0 Å². The summed E-state index contributed by atoms with van der Waals surface area (Å²) in [5, 5.41) is 18.9. The fourth-order valence-corrected chi connectivity index (χ4v) is 2.68. The average molecular weight is 228 g/mol. The van der Waals surface area contributed by atoms with Crippen LogP contribution in [0, 0.1) is 11.3 Å². The highest BCUT2D eigenvalue weighted by molar-refractivity contribution is 5.68. The van der Waals surface area contributed by atoms with Crippen molar-refractivity contribution in [1.82, 2.24) is 0 Å². The van der Waals surface area contributed by atoms with Crippen molar-refractivity contribution in [3.63, 3.8) is 0 Å². The number of hydrogen-bond acceptors (Lipinski definition) is 2. The summed E-state index contributed by atoms with van der Waals surface area (Å²) >= 11 is 0. The number of aliphatic carboxylic acids is 1. The lowest BCUT2D eigenvalue weighted by molar-refractivity contribution is -0.144. The highest BCUT2D eigenvalue weighted by atomic mass is 16.4. The summed E-state index contributed by atoms with van der Waals surface area (Å²) in [7, 11) is 0. The van der Waals surface area contributed by atoms with Crippen LogP contribution in [0.2, 0.25) is 0 Å². The van der Waals surface area contributed by atoms with Crippen LogP contribution in [-0.2, 0) is 4.79 Å². The predicted molar refractivity (Wildman–Crippen MR) is 63.2 cm³/mol. The van der Waals surface area contributed by atoms with E-state index in [1.807, 2.05) is 0 Å². The zero-order valence-corrected chi connectivity index (χ0v) is 10.6. The summed E-state index contributed by atoms with van der Waals surface area (Å²) in [6.07, 6.45) is 4.19. The smallest absolute Gasteiger partial charge is 0.306 e. The molecule has 0 amide bonds. The third-order valence-corrected chi connectivity index (χ3v) is 4.41. The molecule has 0 aliphatic heterocycles. The van der Waals surface area contributed by atoms with Crippen LogP contribution in [0.4, 0.5) is 0 Å². The molecule has 1 fully saturated rings. The Morgan fingerprint density at radius 2 is 1.88 bits per heavy atom. The summed E-state index contributed by atoms with van der Waals surface area (Å²) in [4.78, 5) is 10.6. The SMILES string of the molecule is CCC(C)(C)C1CCC(O)(CC(=O)O)CC1. The summed E-state index contributed by atoms with van der Waals surface area (Å²) < 4.78 is 0. The van der Waals surface area contributed by atoms with Gasteiger partial charge in [-0.05, 0) is 37.0 Å². The second-order valence-corrected chi connectivity index (χ2v) is 5.91. The first-order chi connectivity index (χ1) is 7.29. The van der Waals surface area contributed by atoms with E-state index in [0.717, 1.165) is 19.3 Å². The fraction of sp³-hybridized carbons (Fsp3) is 0.923. The van der Waals surface area contributed by atoms with Gasteiger partial charge in [0.05, 0.1) is 12.0 Å². The van der Waals surface area contributed by atoms with Crippen LogP contribution in [0.5, 0.6) is 0 Å². The number of rotatable bonds is 4. The molecule has 1 saturated carbocycles. The van der Waals surface area contributed by atoms with E-state index in [2.05, 4.69) is 20.8 Å². The lowest BCUT2D eigenvalue weighted by Crippen LogP contribution is -2.39. The average Bonchev–Trinajstić information content (AvgIpc) is 2.16. The summed E-state index contributed by atoms with van der Waals surface area (Å²) in [6, 6.07) is 0. The van der Waals surface area contributed by atoms with Gasteiger partial charge in [0.25, 0.3) is 0 Å². The maximum atomic E-state index is 10.6. The summed E-state index contributed by atoms with van der Waals surface area (Å²) in [5.41, 5.74) is -0.642. The van der Waals surface area contributed by atoms with Gasteiger partial charge in [-0.3, -0.25) is 4.79 Å². The van der Waals surface area contributed by atoms with Gasteiger partial charge >= 0.3 is 5.97 Å². The van der Waals surface area contributed by atoms with Crippen molar-refractivity contribution in [2.75, 3.05) is 0 Å². The van der Waals surface area contributed by atoms with E-state index in [-0.39, 0.29) is 6.42 Å². The number of carboxylic acid groups (broad SMARTS) is 1. The molecular formula is C13H24O3. The van der Waals surface area contributed by atoms with Crippen LogP contribution in [0.15, 0.2) is 0 Å². The van der Waals surface area contributed by atoms with E-state index in [0.29, 0.717) is 24.2 Å². The third-order valence-electron chi connectivity index (χ3n) is 4.41. The Balaban J connectivity index is 2.54. The normalized spacial score (nSPS) is 31.4. The van der Waals surface area contributed by atoms with Gasteiger partial charge in [0.2, 0.25) is 0 Å². The van der Waals surface area contributed by atoms with Crippen molar-refractivity contribution < 1.29 is 15.0 Å². The zero-order valence-electron chi connectivity index (χ0n) is 10.6. The Morgan fingerprint density at radius 3 is 2.25 bits per heavy atom. The number of aliphatic hydroxyl groups is 1. The minimum Gasteiger partial charge on any atom is -0.481 e. The molecule has 0 saturated heterocycles. The first-order valence-electron chi connectivity index (χ1n) is 6.23. The van der Waals surface area contributed by atoms with Crippen molar-refractivity contribution >= 4 is 5.97 Å². The minimum atomic E-state index is -0.952. The molecular weight excluding hydrogens is 204 g/mol. The molecule has 2 N–H and O–H groups in total. The van der Waals surface area contributed by atoms with Crippen LogP contribution in [0.1, 0.15) is 59.3 Å². The first-order valence-corrected chi connectivity index (χ1v) is 6.23. The maximum Gasteiger partial charge on any atom is 0.306 e. The van der Waals surface area contributed by atoms with Gasteiger partial charge in [-0.1, -0.05) is 27.2 Å². The largest absolute Gasteiger partial charge is 0.481 e. The van der Waals surface area contributed by atoms with E-state index < -0.39 is 11.6 Å². The minimum absolute atomic E-state index is 0.105. The fourth-order valence-electron chi connectivity index (χ4n) is 2.68. The Hall–Kier alpha value is -0.570. The van der Waals surface area contributed by atoms with Crippen molar-refractivity contribution in [1.29, 1.82) is 0 Å². The molecule has 0 aromatic rings. The lowest BCUT2D eigenvalue weighted by atomic mass is 9.66. The molecule has 1 aliphatic carbocycles. The maximum absolute atomic E-state index is 10.6. The van der Waals surface area contributed by atoms with Gasteiger partial charge in [0, 0.05) is 0 Å². The molecule has 0 aromatic heterocycles. The molecule has 0 aromatic carbocycles. The Bertz CT molecular complexity index is 250. The molecule has 1 aliphatic rings. The van der Waals surface area contributed by atoms with Gasteiger partial charge in [-0.15, -0.1) is 0 Å². The molecule has 0 spiro atoms. The molecule has 3 nitrogen and oxygen atoms in total. The van der Waals surface area contributed by atoms with E-state index in [1.54, 1.807) is 0 Å². The quantitative estimate of drug-likeness (QED) is 0.778. The third kappa shape index (κ3) is 3.21. The molecule has 0 radical (unpaired) electrons. The Morgan fingerprint density at radius 1 is 1.38 bits per heavy atom. The second kappa shape index (κ2) is 4.74. The highest BCUT2D eigenvalue weighted by Crippen LogP contribution is 2.44. The molecule has 0 bridgehead atoms. The van der Waals surface area contributed by atoms with Gasteiger partial charge in [-0.25, -0.2) is 0 Å². The van der Waals surface area contributed by atoms with Gasteiger partial charge < -0.3 is 10.2 Å². The number of hydrogen-bond donors (Lipinski definition) is 2. The van der Waals surface area contributed by atoms with E-state index in [1.165, 1.54) is 0 Å². The van der Waals surface area contributed by atoms with Gasteiger partial charge in [-0.2, -0.15) is 0 Å². The number of carboxylic acids is 1. The van der Waals surface area contributed by atoms with Crippen LogP contribution in [-0.4, -0.2) is 21.8 Å². The van der Waals surface area contributed by atoms with E-state index in [4.69, 9.17) is 5.11 Å². The second-order valence-electron chi connectivity index (χ2n) is 5.91. The van der Waals surface area contributed by atoms with Crippen molar-refractivity contribution in [3.8, 4) is 0 Å². The van der Waals surface area contributed by atoms with Crippen LogP contribution < -0.4 is 0 Å². The van der Waals surface area contributed by atoms with Crippen molar-refractivity contribution in [3.05, 3.63) is 0 Å². The summed E-state index contributed by atoms with van der Waals surface area (Å²) in [5.74, 6) is -0.276. The monoisotopic (exact) mass is 228 g/mol. The van der Waals surface area contributed by atoms with Gasteiger partial charge in [0.1, 0.15) is 0 Å². The Kier molecular flexibility index (Phi) is 4.00. The van der Waals surface area contributed by atoms with Crippen molar-refractivity contribution in [2.45, 2.75) is 64.9 Å². The topological polar surface area (TPSA) is 57.5 Å². The van der Waals surface area contributed by atoms with Crippen LogP contribution in [0.25, 0.3) is 0 Å². The van der Waals surface area contributed by atoms with Crippen molar-refractivity contribution in [2.24, 2.45) is 11.3 Å². The molecule has 16 heavy (non-hydrogen) atoms.